The van der Waals surface area contributed by atoms with Crippen molar-refractivity contribution in [3.63, 3.8) is 0 Å². The highest BCUT2D eigenvalue weighted by Gasteiger charge is 2.34. The molecular weight excluding hydrogens is 260 g/mol. The van der Waals surface area contributed by atoms with Gasteiger partial charge in [0.25, 0.3) is 0 Å². The van der Waals surface area contributed by atoms with Crippen LogP contribution in [0.5, 0.6) is 0 Å². The van der Waals surface area contributed by atoms with Crippen molar-refractivity contribution < 1.29 is 19.4 Å². The van der Waals surface area contributed by atoms with Crippen LogP contribution in [0.2, 0.25) is 0 Å². The Balaban J connectivity index is 1.81. The number of aliphatic carboxylic acids is 1. The molecule has 2 rings (SSSR count). The molecule has 2 amide bonds. The molecule has 1 saturated carbocycles. The molecule has 0 radical (unpaired) electrons. The van der Waals surface area contributed by atoms with Crippen molar-refractivity contribution >= 4 is 12.0 Å². The number of amides is 2. The first-order valence-electron chi connectivity index (χ1n) is 7.35. The zero-order valence-electron chi connectivity index (χ0n) is 12.2. The number of carboxylic acid groups (broad SMARTS) is 1. The van der Waals surface area contributed by atoms with E-state index < -0.39 is 5.97 Å². The molecule has 6 nitrogen and oxygen atoms in total. The van der Waals surface area contributed by atoms with E-state index in [9.17, 15) is 9.59 Å². The van der Waals surface area contributed by atoms with E-state index >= 15 is 0 Å². The third-order valence-electron chi connectivity index (χ3n) is 4.65. The lowest BCUT2D eigenvalue weighted by atomic mass is 9.96. The number of carbonyl (C=O) groups is 2. The minimum absolute atomic E-state index is 0.0575. The zero-order chi connectivity index (χ0) is 14.7. The molecule has 4 atom stereocenters. The van der Waals surface area contributed by atoms with Crippen molar-refractivity contribution in [3.05, 3.63) is 0 Å². The first-order chi connectivity index (χ1) is 9.50. The van der Waals surface area contributed by atoms with E-state index in [1.165, 1.54) is 0 Å². The van der Waals surface area contributed by atoms with Crippen molar-refractivity contribution in [2.45, 2.75) is 44.8 Å². The first kappa shape index (κ1) is 15.1. The molecule has 20 heavy (non-hydrogen) atoms. The van der Waals surface area contributed by atoms with Gasteiger partial charge in [0.05, 0.1) is 18.1 Å². The number of hydrogen-bond donors (Lipinski definition) is 2. The van der Waals surface area contributed by atoms with Crippen LogP contribution in [-0.4, -0.2) is 54.4 Å². The van der Waals surface area contributed by atoms with Crippen LogP contribution >= 0.6 is 0 Å². The van der Waals surface area contributed by atoms with Gasteiger partial charge >= 0.3 is 12.0 Å². The van der Waals surface area contributed by atoms with E-state index in [4.69, 9.17) is 9.84 Å². The summed E-state index contributed by atoms with van der Waals surface area (Å²) in [5.41, 5.74) is 0. The van der Waals surface area contributed by atoms with Crippen LogP contribution in [0.3, 0.4) is 0 Å². The summed E-state index contributed by atoms with van der Waals surface area (Å²) < 4.78 is 5.46. The molecule has 0 bridgehead atoms. The number of carbonyl (C=O) groups excluding carboxylic acids is 1. The lowest BCUT2D eigenvalue weighted by molar-refractivity contribution is -0.142. The molecule has 1 aliphatic carbocycles. The highest BCUT2D eigenvalue weighted by atomic mass is 16.5. The minimum Gasteiger partial charge on any atom is -0.481 e. The quantitative estimate of drug-likeness (QED) is 0.815. The highest BCUT2D eigenvalue weighted by molar-refractivity contribution is 5.75. The summed E-state index contributed by atoms with van der Waals surface area (Å²) in [5.74, 6) is -0.996. The number of hydrogen-bond acceptors (Lipinski definition) is 3. The van der Waals surface area contributed by atoms with E-state index in [1.54, 1.807) is 11.9 Å². The zero-order valence-corrected chi connectivity index (χ0v) is 12.2. The van der Waals surface area contributed by atoms with E-state index in [1.807, 2.05) is 6.92 Å². The molecule has 0 aromatic carbocycles. The second kappa shape index (κ2) is 6.43. The van der Waals surface area contributed by atoms with Crippen LogP contribution in [0.25, 0.3) is 0 Å². The normalized spacial score (nSPS) is 33.1. The average Bonchev–Trinajstić information content (AvgIpc) is 3.03. The Kier molecular flexibility index (Phi) is 4.86. The van der Waals surface area contributed by atoms with E-state index in [2.05, 4.69) is 5.32 Å². The fourth-order valence-electron chi connectivity index (χ4n) is 3.33. The van der Waals surface area contributed by atoms with Crippen molar-refractivity contribution in [1.29, 1.82) is 0 Å². The molecule has 2 aliphatic rings. The van der Waals surface area contributed by atoms with Gasteiger partial charge in [0.15, 0.2) is 0 Å². The second-order valence-electron chi connectivity index (χ2n) is 5.86. The van der Waals surface area contributed by atoms with Gasteiger partial charge in [-0.2, -0.15) is 0 Å². The van der Waals surface area contributed by atoms with Gasteiger partial charge < -0.3 is 20.1 Å². The third kappa shape index (κ3) is 3.23. The van der Waals surface area contributed by atoms with E-state index in [0.717, 1.165) is 25.7 Å². The molecule has 0 spiro atoms. The predicted octanol–water partition coefficient (Wildman–Crippen LogP) is 1.31. The van der Waals surface area contributed by atoms with Gasteiger partial charge in [-0.05, 0) is 32.1 Å². The summed E-state index contributed by atoms with van der Waals surface area (Å²) in [7, 11) is 1.77. The van der Waals surface area contributed by atoms with Gasteiger partial charge in [-0.15, -0.1) is 0 Å². The summed E-state index contributed by atoms with van der Waals surface area (Å²) in [4.78, 5) is 24.9. The number of likely N-dealkylation sites (N-methyl/N-ethyl adjacent to an activating group) is 1. The van der Waals surface area contributed by atoms with Gasteiger partial charge in [-0.25, -0.2) is 4.79 Å². The van der Waals surface area contributed by atoms with Crippen molar-refractivity contribution in [3.8, 4) is 0 Å². The Morgan fingerprint density at radius 3 is 2.70 bits per heavy atom. The predicted molar refractivity (Wildman–Crippen MR) is 73.4 cm³/mol. The lowest BCUT2D eigenvalue weighted by Crippen LogP contribution is -2.47. The SMILES string of the molecule is CC1OCCC1N(C)C(=O)NCC1CCCC1C(=O)O. The number of rotatable bonds is 4. The Hall–Kier alpha value is -1.30. The van der Waals surface area contributed by atoms with E-state index in [-0.39, 0.29) is 30.0 Å². The van der Waals surface area contributed by atoms with Gasteiger partial charge in [0.2, 0.25) is 0 Å². The van der Waals surface area contributed by atoms with Crippen LogP contribution in [0.4, 0.5) is 4.79 Å². The van der Waals surface area contributed by atoms with Crippen LogP contribution in [-0.2, 0) is 9.53 Å². The molecule has 114 valence electrons. The fraction of sp³-hybridized carbons (Fsp3) is 0.857. The maximum absolute atomic E-state index is 12.1. The Labute approximate surface area is 119 Å². The molecule has 0 aromatic rings. The molecule has 1 saturated heterocycles. The Morgan fingerprint density at radius 1 is 1.35 bits per heavy atom. The van der Waals surface area contributed by atoms with Gasteiger partial charge in [-0.3, -0.25) is 4.79 Å². The van der Waals surface area contributed by atoms with Crippen LogP contribution in [0, 0.1) is 11.8 Å². The standard InChI is InChI=1S/C14H24N2O4/c1-9-12(6-7-20-9)16(2)14(19)15-8-10-4-3-5-11(10)13(17)18/h9-12H,3-8H2,1-2H3,(H,15,19)(H,17,18). The Morgan fingerprint density at radius 2 is 2.10 bits per heavy atom. The van der Waals surface area contributed by atoms with Crippen molar-refractivity contribution in [2.75, 3.05) is 20.2 Å². The summed E-state index contributed by atoms with van der Waals surface area (Å²) in [6, 6.07) is -0.0303. The largest absolute Gasteiger partial charge is 0.481 e. The molecule has 1 aliphatic heterocycles. The monoisotopic (exact) mass is 284 g/mol. The summed E-state index contributed by atoms with van der Waals surface area (Å²) in [6.45, 7) is 3.11. The topological polar surface area (TPSA) is 78.9 Å². The van der Waals surface area contributed by atoms with Crippen LogP contribution < -0.4 is 5.32 Å². The number of ether oxygens (including phenoxy) is 1. The molecule has 2 N–H and O–H groups in total. The minimum atomic E-state index is -0.743. The molecule has 2 fully saturated rings. The molecule has 0 aromatic heterocycles. The smallest absolute Gasteiger partial charge is 0.317 e. The van der Waals surface area contributed by atoms with Crippen LogP contribution in [0.15, 0.2) is 0 Å². The third-order valence-corrected chi connectivity index (χ3v) is 4.65. The maximum atomic E-state index is 12.1. The van der Waals surface area contributed by atoms with Crippen molar-refractivity contribution in [1.82, 2.24) is 10.2 Å². The van der Waals surface area contributed by atoms with Gasteiger partial charge in [0, 0.05) is 20.2 Å². The van der Waals surface area contributed by atoms with Crippen molar-refractivity contribution in [2.24, 2.45) is 11.8 Å². The van der Waals surface area contributed by atoms with Gasteiger partial charge in [-0.1, -0.05) is 6.42 Å². The summed E-state index contributed by atoms with van der Waals surface area (Å²) in [6.07, 6.45) is 3.44. The lowest BCUT2D eigenvalue weighted by Gasteiger charge is -2.28. The average molecular weight is 284 g/mol. The fourth-order valence-corrected chi connectivity index (χ4v) is 3.33. The van der Waals surface area contributed by atoms with Crippen LogP contribution in [0.1, 0.15) is 32.6 Å². The molecule has 6 heteroatoms. The molecular formula is C14H24N2O4. The number of urea groups is 1. The summed E-state index contributed by atoms with van der Waals surface area (Å²) >= 11 is 0. The number of nitrogens with zero attached hydrogens (tertiary/aromatic N) is 1. The molecule has 4 unspecified atom stereocenters. The number of carboxylic acids is 1. The molecule has 1 heterocycles. The Bertz CT molecular complexity index is 374. The summed E-state index contributed by atoms with van der Waals surface area (Å²) in [5, 5.41) is 12.0. The van der Waals surface area contributed by atoms with Gasteiger partial charge in [0.1, 0.15) is 0 Å². The first-order valence-corrected chi connectivity index (χ1v) is 7.35. The number of nitrogens with one attached hydrogen (secondary N) is 1. The maximum Gasteiger partial charge on any atom is 0.317 e. The second-order valence-corrected chi connectivity index (χ2v) is 5.86. The van der Waals surface area contributed by atoms with E-state index in [0.29, 0.717) is 13.2 Å². The highest BCUT2D eigenvalue weighted by Crippen LogP contribution is 2.31.